The number of hydrogen-bond acceptors (Lipinski definition) is 2. The molecule has 0 aromatic carbocycles. The molecule has 1 aliphatic carbocycles. The van der Waals surface area contributed by atoms with E-state index in [1.165, 1.54) is 19.3 Å². The minimum atomic E-state index is 0.0942. The number of ether oxygens (including phenoxy) is 1. The highest BCUT2D eigenvalue weighted by Gasteiger charge is 2.29. The van der Waals surface area contributed by atoms with Gasteiger partial charge in [0.2, 0.25) is 0 Å². The van der Waals surface area contributed by atoms with Crippen LogP contribution in [0.15, 0.2) is 16.7 Å². The Morgan fingerprint density at radius 1 is 1.45 bits per heavy atom. The highest BCUT2D eigenvalue weighted by atomic mass is 79.9. The van der Waals surface area contributed by atoms with E-state index in [-0.39, 0.29) is 12.0 Å². The standard InChI is InChI=1S/C15H21BrN2O2/c1-17(10-13-4-2-3-7-20-13)15(19)14-8-11(16)9-18(14)12-5-6-12/h8-9,12-13H,2-7,10H2,1H3. The number of rotatable bonds is 4. The predicted molar refractivity (Wildman–Crippen MR) is 81.0 cm³/mol. The molecule has 1 aromatic rings. The molecular formula is C15H21BrN2O2. The van der Waals surface area contributed by atoms with Crippen molar-refractivity contribution in [3.05, 3.63) is 22.4 Å². The average molecular weight is 341 g/mol. The first-order valence-electron chi connectivity index (χ1n) is 7.39. The van der Waals surface area contributed by atoms with Gasteiger partial charge in [-0.3, -0.25) is 4.79 Å². The summed E-state index contributed by atoms with van der Waals surface area (Å²) >= 11 is 3.48. The van der Waals surface area contributed by atoms with Crippen molar-refractivity contribution < 1.29 is 9.53 Å². The first-order valence-corrected chi connectivity index (χ1v) is 8.19. The molecule has 0 radical (unpaired) electrons. The van der Waals surface area contributed by atoms with E-state index in [9.17, 15) is 4.79 Å². The Morgan fingerprint density at radius 3 is 2.90 bits per heavy atom. The highest BCUT2D eigenvalue weighted by Crippen LogP contribution is 2.37. The van der Waals surface area contributed by atoms with Crippen LogP contribution in [0.3, 0.4) is 0 Å². The molecule has 3 rings (SSSR count). The maximum atomic E-state index is 12.6. The molecule has 1 saturated carbocycles. The third-order valence-electron chi connectivity index (χ3n) is 4.07. The lowest BCUT2D eigenvalue weighted by Gasteiger charge is -2.27. The first-order chi connectivity index (χ1) is 9.65. The Bertz CT molecular complexity index is 490. The summed E-state index contributed by atoms with van der Waals surface area (Å²) in [4.78, 5) is 14.4. The molecule has 1 aliphatic heterocycles. The normalized spacial score (nSPS) is 22.8. The van der Waals surface area contributed by atoms with Gasteiger partial charge in [0, 0.05) is 36.9 Å². The average Bonchev–Trinajstić information content (AvgIpc) is 3.22. The zero-order valence-electron chi connectivity index (χ0n) is 11.8. The second kappa shape index (κ2) is 5.90. The number of carbonyl (C=O) groups excluding carboxylic acids is 1. The molecule has 0 spiro atoms. The molecule has 2 aliphatic rings. The molecule has 110 valence electrons. The fraction of sp³-hybridized carbons (Fsp3) is 0.667. The van der Waals surface area contributed by atoms with Crippen LogP contribution in [0.25, 0.3) is 0 Å². The van der Waals surface area contributed by atoms with Gasteiger partial charge in [0.25, 0.3) is 5.91 Å². The number of amides is 1. The van der Waals surface area contributed by atoms with Crippen molar-refractivity contribution in [2.45, 2.75) is 44.2 Å². The van der Waals surface area contributed by atoms with Crippen LogP contribution in [0.2, 0.25) is 0 Å². The Morgan fingerprint density at radius 2 is 2.25 bits per heavy atom. The zero-order chi connectivity index (χ0) is 14.1. The maximum Gasteiger partial charge on any atom is 0.270 e. The summed E-state index contributed by atoms with van der Waals surface area (Å²) < 4.78 is 8.82. The van der Waals surface area contributed by atoms with Gasteiger partial charge in [-0.2, -0.15) is 0 Å². The van der Waals surface area contributed by atoms with Gasteiger partial charge in [0.1, 0.15) is 5.69 Å². The molecule has 2 heterocycles. The Labute approximate surface area is 128 Å². The number of aromatic nitrogens is 1. The van der Waals surface area contributed by atoms with Crippen molar-refractivity contribution in [1.82, 2.24) is 9.47 Å². The van der Waals surface area contributed by atoms with Gasteiger partial charge < -0.3 is 14.2 Å². The lowest BCUT2D eigenvalue weighted by molar-refractivity contribution is -0.000375. The van der Waals surface area contributed by atoms with E-state index in [0.29, 0.717) is 12.6 Å². The van der Waals surface area contributed by atoms with E-state index >= 15 is 0 Å². The molecule has 1 atom stereocenters. The third kappa shape index (κ3) is 3.09. The van der Waals surface area contributed by atoms with Gasteiger partial charge >= 0.3 is 0 Å². The summed E-state index contributed by atoms with van der Waals surface area (Å²) in [7, 11) is 1.87. The van der Waals surface area contributed by atoms with Crippen LogP contribution in [0.4, 0.5) is 0 Å². The smallest absolute Gasteiger partial charge is 0.270 e. The quantitative estimate of drug-likeness (QED) is 0.843. The molecule has 1 amide bonds. The molecule has 0 N–H and O–H groups in total. The van der Waals surface area contributed by atoms with Gasteiger partial charge in [-0.15, -0.1) is 0 Å². The van der Waals surface area contributed by atoms with E-state index in [4.69, 9.17) is 4.74 Å². The van der Waals surface area contributed by atoms with Gasteiger partial charge in [-0.25, -0.2) is 0 Å². The van der Waals surface area contributed by atoms with Crippen LogP contribution >= 0.6 is 15.9 Å². The van der Waals surface area contributed by atoms with Crippen LogP contribution < -0.4 is 0 Å². The van der Waals surface area contributed by atoms with E-state index in [0.717, 1.165) is 29.6 Å². The van der Waals surface area contributed by atoms with Gasteiger partial charge in [0.05, 0.1) is 6.10 Å². The second-order valence-corrected chi connectivity index (χ2v) is 6.77. The summed E-state index contributed by atoms with van der Waals surface area (Å²) in [6.45, 7) is 1.52. The molecule has 4 nitrogen and oxygen atoms in total. The number of nitrogens with zero attached hydrogens (tertiary/aromatic N) is 2. The van der Waals surface area contributed by atoms with Crippen molar-refractivity contribution in [2.24, 2.45) is 0 Å². The van der Waals surface area contributed by atoms with Crippen LogP contribution in [-0.2, 0) is 4.74 Å². The van der Waals surface area contributed by atoms with Crippen LogP contribution in [0.1, 0.15) is 48.6 Å². The molecule has 2 fully saturated rings. The Hall–Kier alpha value is -0.810. The largest absolute Gasteiger partial charge is 0.376 e. The minimum Gasteiger partial charge on any atom is -0.376 e. The summed E-state index contributed by atoms with van der Waals surface area (Å²) in [6, 6.07) is 2.44. The molecule has 0 bridgehead atoms. The first kappa shape index (κ1) is 14.1. The van der Waals surface area contributed by atoms with Crippen molar-refractivity contribution >= 4 is 21.8 Å². The van der Waals surface area contributed by atoms with Crippen LogP contribution in [0.5, 0.6) is 0 Å². The summed E-state index contributed by atoms with van der Waals surface area (Å²) in [5.74, 6) is 0.0942. The topological polar surface area (TPSA) is 34.5 Å². The summed E-state index contributed by atoms with van der Waals surface area (Å²) in [5, 5.41) is 0. The molecule has 1 aromatic heterocycles. The van der Waals surface area contributed by atoms with Crippen molar-refractivity contribution in [3.63, 3.8) is 0 Å². The Kier molecular flexibility index (Phi) is 4.17. The summed E-state index contributed by atoms with van der Waals surface area (Å²) in [6.07, 6.45) is 7.99. The molecule has 1 unspecified atom stereocenters. The van der Waals surface area contributed by atoms with Crippen molar-refractivity contribution in [3.8, 4) is 0 Å². The maximum absolute atomic E-state index is 12.6. The monoisotopic (exact) mass is 340 g/mol. The van der Waals surface area contributed by atoms with E-state index in [1.54, 1.807) is 4.90 Å². The Balaban J connectivity index is 1.68. The zero-order valence-corrected chi connectivity index (χ0v) is 13.4. The fourth-order valence-electron chi connectivity index (χ4n) is 2.81. The number of hydrogen-bond donors (Lipinski definition) is 0. The van der Waals surface area contributed by atoms with Crippen molar-refractivity contribution in [1.29, 1.82) is 0 Å². The second-order valence-electron chi connectivity index (χ2n) is 5.86. The molecule has 5 heteroatoms. The van der Waals surface area contributed by atoms with Crippen LogP contribution in [0, 0.1) is 0 Å². The van der Waals surface area contributed by atoms with E-state index in [2.05, 4.69) is 20.5 Å². The number of likely N-dealkylation sites (N-methyl/N-ethyl adjacent to an activating group) is 1. The summed E-state index contributed by atoms with van der Waals surface area (Å²) in [5.41, 5.74) is 0.790. The molecule has 1 saturated heterocycles. The number of halogens is 1. The predicted octanol–water partition coefficient (Wildman–Crippen LogP) is 3.23. The van der Waals surface area contributed by atoms with Gasteiger partial charge in [-0.05, 0) is 54.1 Å². The highest BCUT2D eigenvalue weighted by molar-refractivity contribution is 9.10. The number of carbonyl (C=O) groups is 1. The van der Waals surface area contributed by atoms with Gasteiger partial charge in [-0.1, -0.05) is 0 Å². The van der Waals surface area contributed by atoms with E-state index in [1.807, 2.05) is 19.3 Å². The fourth-order valence-corrected chi connectivity index (χ4v) is 3.24. The van der Waals surface area contributed by atoms with Gasteiger partial charge in [0.15, 0.2) is 0 Å². The minimum absolute atomic E-state index is 0.0942. The SMILES string of the molecule is CN(CC1CCCCO1)C(=O)c1cc(Br)cn1C1CC1. The molecular weight excluding hydrogens is 320 g/mol. The third-order valence-corrected chi connectivity index (χ3v) is 4.51. The lowest BCUT2D eigenvalue weighted by Crippen LogP contribution is -2.37. The van der Waals surface area contributed by atoms with E-state index < -0.39 is 0 Å². The van der Waals surface area contributed by atoms with Crippen molar-refractivity contribution in [2.75, 3.05) is 20.2 Å². The molecule has 20 heavy (non-hydrogen) atoms. The lowest BCUT2D eigenvalue weighted by atomic mass is 10.1. The van der Waals surface area contributed by atoms with Crippen LogP contribution in [-0.4, -0.2) is 41.7 Å².